The number of phenolic OH excluding ortho intramolecular Hbond substituents is 1. The molecule has 0 saturated carbocycles. The van der Waals surface area contributed by atoms with Crippen molar-refractivity contribution in [1.82, 2.24) is 4.90 Å². The van der Waals surface area contributed by atoms with Crippen molar-refractivity contribution in [3.05, 3.63) is 89.5 Å². The van der Waals surface area contributed by atoms with Crippen LogP contribution in [0.4, 0.5) is 0 Å². The van der Waals surface area contributed by atoms with Crippen LogP contribution < -0.4 is 0 Å². The summed E-state index contributed by atoms with van der Waals surface area (Å²) in [5.41, 5.74) is 3.65. The number of esters is 1. The monoisotopic (exact) mass is 401 g/mol. The lowest BCUT2D eigenvalue weighted by Gasteiger charge is -2.42. The molecule has 2 saturated heterocycles. The Morgan fingerprint density at radius 3 is 2.53 bits per heavy atom. The summed E-state index contributed by atoms with van der Waals surface area (Å²) < 4.78 is 6.11. The van der Waals surface area contributed by atoms with Crippen LogP contribution in [0.3, 0.4) is 0 Å². The predicted octanol–water partition coefficient (Wildman–Crippen LogP) is 4.05. The van der Waals surface area contributed by atoms with Crippen molar-refractivity contribution in [3.63, 3.8) is 0 Å². The molecule has 2 fully saturated rings. The van der Waals surface area contributed by atoms with E-state index in [1.54, 1.807) is 12.1 Å². The molecule has 4 heteroatoms. The second-order valence-corrected chi connectivity index (χ2v) is 8.52. The highest BCUT2D eigenvalue weighted by Gasteiger charge is 2.51. The molecule has 0 bridgehead atoms. The van der Waals surface area contributed by atoms with Crippen LogP contribution in [-0.4, -0.2) is 40.7 Å². The van der Waals surface area contributed by atoms with Crippen LogP contribution >= 0.6 is 0 Å². The van der Waals surface area contributed by atoms with Crippen molar-refractivity contribution < 1.29 is 14.6 Å². The summed E-state index contributed by atoms with van der Waals surface area (Å²) in [6.07, 6.45) is 10.3. The summed E-state index contributed by atoms with van der Waals surface area (Å²) in [7, 11) is 0. The molecule has 2 aromatic carbocycles. The van der Waals surface area contributed by atoms with E-state index in [0.717, 1.165) is 31.4 Å². The van der Waals surface area contributed by atoms with E-state index in [1.807, 2.05) is 30.3 Å². The van der Waals surface area contributed by atoms with Gasteiger partial charge in [0, 0.05) is 18.9 Å². The molecule has 0 radical (unpaired) electrons. The zero-order valence-corrected chi connectivity index (χ0v) is 17.0. The van der Waals surface area contributed by atoms with Gasteiger partial charge in [0.1, 0.15) is 17.9 Å². The van der Waals surface area contributed by atoms with Gasteiger partial charge in [0.15, 0.2) is 0 Å². The third-order valence-electron chi connectivity index (χ3n) is 6.59. The number of benzene rings is 2. The SMILES string of the molecule is O=C1O[C@H](Cc2ccccc2)[C@@H]2[C@H]3C=CCCC=C3CN2[C@H]1Cc1ccc(O)cc1. The van der Waals surface area contributed by atoms with Gasteiger partial charge in [-0.3, -0.25) is 9.69 Å². The van der Waals surface area contributed by atoms with Gasteiger partial charge in [-0.1, -0.05) is 66.3 Å². The first kappa shape index (κ1) is 19.1. The number of carbonyl (C=O) groups excluding carboxylic acids is 1. The fourth-order valence-electron chi connectivity index (χ4n) is 5.15. The van der Waals surface area contributed by atoms with Crippen molar-refractivity contribution >= 4 is 5.97 Å². The van der Waals surface area contributed by atoms with Gasteiger partial charge in [-0.2, -0.15) is 0 Å². The molecule has 5 rings (SSSR count). The van der Waals surface area contributed by atoms with Gasteiger partial charge in [-0.25, -0.2) is 0 Å². The first-order valence-corrected chi connectivity index (χ1v) is 10.8. The van der Waals surface area contributed by atoms with Gasteiger partial charge in [-0.05, 0) is 42.5 Å². The maximum absolute atomic E-state index is 13.1. The van der Waals surface area contributed by atoms with Crippen molar-refractivity contribution in [2.24, 2.45) is 5.92 Å². The second kappa shape index (κ2) is 8.11. The number of cyclic esters (lactones) is 1. The number of rotatable bonds is 4. The zero-order valence-electron chi connectivity index (χ0n) is 17.0. The Morgan fingerprint density at radius 1 is 0.967 bits per heavy atom. The Hall–Kier alpha value is -2.85. The lowest BCUT2D eigenvalue weighted by molar-refractivity contribution is -0.172. The van der Waals surface area contributed by atoms with E-state index >= 15 is 0 Å². The fourth-order valence-corrected chi connectivity index (χ4v) is 5.15. The summed E-state index contributed by atoms with van der Waals surface area (Å²) in [5.74, 6) is 0.405. The molecule has 2 aliphatic heterocycles. The summed E-state index contributed by atoms with van der Waals surface area (Å²) in [4.78, 5) is 15.5. The van der Waals surface area contributed by atoms with Crippen LogP contribution in [0, 0.1) is 5.92 Å². The summed E-state index contributed by atoms with van der Waals surface area (Å²) >= 11 is 0. The van der Waals surface area contributed by atoms with Crippen LogP contribution in [0.5, 0.6) is 5.75 Å². The van der Waals surface area contributed by atoms with Crippen molar-refractivity contribution in [3.8, 4) is 5.75 Å². The average molecular weight is 402 g/mol. The molecule has 2 heterocycles. The Balaban J connectivity index is 1.46. The Bertz CT molecular complexity index is 964. The highest BCUT2D eigenvalue weighted by molar-refractivity contribution is 5.78. The van der Waals surface area contributed by atoms with E-state index in [1.165, 1.54) is 11.1 Å². The third kappa shape index (κ3) is 3.68. The summed E-state index contributed by atoms with van der Waals surface area (Å²) in [5, 5.41) is 9.59. The van der Waals surface area contributed by atoms with Gasteiger partial charge < -0.3 is 9.84 Å². The van der Waals surface area contributed by atoms with Crippen molar-refractivity contribution in [1.29, 1.82) is 0 Å². The third-order valence-corrected chi connectivity index (χ3v) is 6.59. The molecule has 2 aromatic rings. The lowest BCUT2D eigenvalue weighted by atomic mass is 9.87. The Kier molecular flexibility index (Phi) is 5.17. The predicted molar refractivity (Wildman–Crippen MR) is 116 cm³/mol. The van der Waals surface area contributed by atoms with Crippen LogP contribution in [0.2, 0.25) is 0 Å². The van der Waals surface area contributed by atoms with Gasteiger partial charge in [-0.15, -0.1) is 0 Å². The van der Waals surface area contributed by atoms with Gasteiger partial charge >= 0.3 is 5.97 Å². The maximum atomic E-state index is 13.1. The first-order chi connectivity index (χ1) is 14.7. The van der Waals surface area contributed by atoms with E-state index in [4.69, 9.17) is 4.74 Å². The molecule has 0 unspecified atom stereocenters. The van der Waals surface area contributed by atoms with Gasteiger partial charge in [0.2, 0.25) is 0 Å². The topological polar surface area (TPSA) is 49.8 Å². The van der Waals surface area contributed by atoms with E-state index in [2.05, 4.69) is 35.3 Å². The highest BCUT2D eigenvalue weighted by Crippen LogP contribution is 2.41. The number of morpholine rings is 1. The number of ether oxygens (including phenoxy) is 1. The van der Waals surface area contributed by atoms with Gasteiger partial charge in [0.25, 0.3) is 0 Å². The minimum absolute atomic E-state index is 0.138. The molecular weight excluding hydrogens is 374 g/mol. The van der Waals surface area contributed by atoms with E-state index < -0.39 is 0 Å². The molecule has 1 aliphatic carbocycles. The Morgan fingerprint density at radius 2 is 1.73 bits per heavy atom. The molecule has 0 spiro atoms. The highest BCUT2D eigenvalue weighted by atomic mass is 16.6. The minimum atomic E-state index is -0.298. The average Bonchev–Trinajstić information content (AvgIpc) is 2.96. The Labute approximate surface area is 177 Å². The number of hydrogen-bond donors (Lipinski definition) is 1. The summed E-state index contributed by atoms with van der Waals surface area (Å²) in [6.45, 7) is 0.822. The number of fused-ring (bicyclic) bond motifs is 3. The second-order valence-electron chi connectivity index (χ2n) is 8.52. The molecule has 30 heavy (non-hydrogen) atoms. The maximum Gasteiger partial charge on any atom is 0.324 e. The number of aromatic hydroxyl groups is 1. The number of carbonyl (C=O) groups is 1. The standard InChI is InChI=1S/C26H27NO3/c28-21-13-11-19(12-14-21)15-23-26(29)30-24(16-18-7-3-1-4-8-18)25-22-10-6-2-5-9-20(22)17-27(23)25/h1,3-4,6-14,22-25,28H,2,5,15-17H2/t22-,23-,24+,25-/m0/s1. The fraction of sp³-hybridized carbons (Fsp3) is 0.346. The van der Waals surface area contributed by atoms with Crippen LogP contribution in [0.15, 0.2) is 78.4 Å². The number of nitrogens with zero attached hydrogens (tertiary/aromatic N) is 1. The molecular formula is C26H27NO3. The molecule has 0 amide bonds. The van der Waals surface area contributed by atoms with Gasteiger partial charge in [0.05, 0.1) is 6.04 Å². The molecule has 0 aromatic heterocycles. The van der Waals surface area contributed by atoms with Crippen molar-refractivity contribution in [2.75, 3.05) is 6.54 Å². The zero-order chi connectivity index (χ0) is 20.5. The molecule has 1 N–H and O–H groups in total. The molecule has 3 aliphatic rings. The first-order valence-electron chi connectivity index (χ1n) is 10.8. The largest absolute Gasteiger partial charge is 0.508 e. The molecule has 4 atom stereocenters. The molecule has 154 valence electrons. The number of allylic oxidation sites excluding steroid dienone is 2. The molecule has 4 nitrogen and oxygen atoms in total. The van der Waals surface area contributed by atoms with E-state index in [0.29, 0.717) is 12.3 Å². The number of phenols is 1. The van der Waals surface area contributed by atoms with E-state index in [-0.39, 0.29) is 29.9 Å². The van der Waals surface area contributed by atoms with E-state index in [9.17, 15) is 9.90 Å². The van der Waals surface area contributed by atoms with Crippen LogP contribution in [-0.2, 0) is 22.4 Å². The van der Waals surface area contributed by atoms with Crippen LogP contribution in [0.25, 0.3) is 0 Å². The smallest absolute Gasteiger partial charge is 0.324 e. The lowest BCUT2D eigenvalue weighted by Crippen LogP contribution is -2.59. The van der Waals surface area contributed by atoms with Crippen molar-refractivity contribution in [2.45, 2.75) is 43.9 Å². The quantitative estimate of drug-likeness (QED) is 0.620. The normalized spacial score (nSPS) is 28.3. The summed E-state index contributed by atoms with van der Waals surface area (Å²) in [6, 6.07) is 17.3. The number of hydrogen-bond acceptors (Lipinski definition) is 4. The van der Waals surface area contributed by atoms with Crippen LogP contribution in [0.1, 0.15) is 24.0 Å². The minimum Gasteiger partial charge on any atom is -0.508 e.